The van der Waals surface area contributed by atoms with E-state index in [1.807, 2.05) is 0 Å². The summed E-state index contributed by atoms with van der Waals surface area (Å²) in [6, 6.07) is 6.16. The number of carboxylic acid groups (broad SMARTS) is 1. The molecule has 0 radical (unpaired) electrons. The van der Waals surface area contributed by atoms with Gasteiger partial charge in [0.25, 0.3) is 0 Å². The van der Waals surface area contributed by atoms with Crippen LogP contribution in [0.2, 0.25) is 0 Å². The number of carbonyl (C=O) groups is 2. The lowest BCUT2D eigenvalue weighted by atomic mass is 9.96. The number of carboxylic acids is 1. The standard InChI is InChI=1S/C16H17F3N4O4/c17-16(18,19)10-8-22(7-9(10)13(24)25)14(26)20-5-6-23-12-4-2-1-3-11(12)21-15(23)27/h1-4,9-10H,5-8H2,(H,20,26)(H,21,27)(H,24,25)/t9-,10-/m1/s1. The number of aromatic nitrogens is 2. The van der Waals surface area contributed by atoms with Gasteiger partial charge in [-0.2, -0.15) is 13.2 Å². The minimum Gasteiger partial charge on any atom is -0.481 e. The third-order valence-electron chi connectivity index (χ3n) is 4.64. The molecule has 1 aliphatic rings. The van der Waals surface area contributed by atoms with Gasteiger partial charge in [0.05, 0.1) is 22.9 Å². The minimum absolute atomic E-state index is 0.00547. The first kappa shape index (κ1) is 18.8. The monoisotopic (exact) mass is 386 g/mol. The van der Waals surface area contributed by atoms with Crippen LogP contribution in [0, 0.1) is 11.8 Å². The van der Waals surface area contributed by atoms with Crippen LogP contribution in [0.25, 0.3) is 11.0 Å². The van der Waals surface area contributed by atoms with Crippen LogP contribution in [0.3, 0.4) is 0 Å². The molecule has 0 aliphatic carbocycles. The number of hydrogen-bond acceptors (Lipinski definition) is 3. The zero-order valence-electron chi connectivity index (χ0n) is 14.0. The minimum atomic E-state index is -4.70. The van der Waals surface area contributed by atoms with Gasteiger partial charge in [0.2, 0.25) is 0 Å². The van der Waals surface area contributed by atoms with Crippen molar-refractivity contribution < 1.29 is 27.9 Å². The van der Waals surface area contributed by atoms with Gasteiger partial charge in [-0.1, -0.05) is 12.1 Å². The highest BCUT2D eigenvalue weighted by atomic mass is 19.4. The molecular formula is C16H17F3N4O4. The van der Waals surface area contributed by atoms with Crippen LogP contribution in [0.15, 0.2) is 29.1 Å². The second-order valence-corrected chi connectivity index (χ2v) is 6.33. The number of likely N-dealkylation sites (tertiary alicyclic amines) is 1. The van der Waals surface area contributed by atoms with E-state index in [0.29, 0.717) is 11.0 Å². The fourth-order valence-corrected chi connectivity index (χ4v) is 3.27. The maximum absolute atomic E-state index is 13.0. The number of nitrogens with zero attached hydrogens (tertiary/aromatic N) is 2. The Bertz CT molecular complexity index is 920. The molecule has 0 spiro atoms. The molecule has 0 unspecified atom stereocenters. The smallest absolute Gasteiger partial charge is 0.394 e. The quantitative estimate of drug-likeness (QED) is 0.735. The van der Waals surface area contributed by atoms with Crippen LogP contribution < -0.4 is 11.0 Å². The molecule has 2 atom stereocenters. The summed E-state index contributed by atoms with van der Waals surface area (Å²) in [5.74, 6) is -5.37. The van der Waals surface area contributed by atoms with Crippen molar-refractivity contribution in [2.24, 2.45) is 11.8 Å². The predicted octanol–water partition coefficient (Wildman–Crippen LogP) is 1.23. The second-order valence-electron chi connectivity index (χ2n) is 6.33. The van der Waals surface area contributed by atoms with E-state index in [2.05, 4.69) is 10.3 Å². The van der Waals surface area contributed by atoms with Crippen molar-refractivity contribution in [1.29, 1.82) is 0 Å². The number of aromatic amines is 1. The summed E-state index contributed by atoms with van der Waals surface area (Å²) in [5.41, 5.74) is 0.904. The number of fused-ring (bicyclic) bond motifs is 1. The number of para-hydroxylation sites is 2. The Hall–Kier alpha value is -2.98. The number of halogens is 3. The number of hydrogen-bond donors (Lipinski definition) is 3. The summed E-state index contributed by atoms with van der Waals surface area (Å²) < 4.78 is 40.3. The van der Waals surface area contributed by atoms with E-state index >= 15 is 0 Å². The number of benzene rings is 1. The second kappa shape index (κ2) is 6.97. The fraction of sp³-hybridized carbons (Fsp3) is 0.438. The number of alkyl halides is 3. The molecule has 146 valence electrons. The van der Waals surface area contributed by atoms with Gasteiger partial charge in [-0.25, -0.2) is 9.59 Å². The average molecular weight is 386 g/mol. The number of nitrogens with one attached hydrogen (secondary N) is 2. The van der Waals surface area contributed by atoms with Gasteiger partial charge in [-0.15, -0.1) is 0 Å². The van der Waals surface area contributed by atoms with Gasteiger partial charge in [-0.05, 0) is 12.1 Å². The van der Waals surface area contributed by atoms with Gasteiger partial charge in [0.15, 0.2) is 0 Å². The highest BCUT2D eigenvalue weighted by Gasteiger charge is 2.53. The molecule has 27 heavy (non-hydrogen) atoms. The van der Waals surface area contributed by atoms with Gasteiger partial charge >= 0.3 is 23.9 Å². The molecule has 2 aromatic rings. The SMILES string of the molecule is O=C(O)[C@@H]1CN(C(=O)NCCn2c(=O)[nH]c3ccccc32)C[C@H]1C(F)(F)F. The van der Waals surface area contributed by atoms with Gasteiger partial charge in [0.1, 0.15) is 0 Å². The number of urea groups is 1. The third-order valence-corrected chi connectivity index (χ3v) is 4.64. The molecule has 0 bridgehead atoms. The van der Waals surface area contributed by atoms with E-state index in [-0.39, 0.29) is 18.8 Å². The Kier molecular flexibility index (Phi) is 4.85. The van der Waals surface area contributed by atoms with Gasteiger partial charge < -0.3 is 20.3 Å². The maximum Gasteiger partial charge on any atom is 0.394 e. The van der Waals surface area contributed by atoms with E-state index in [0.717, 1.165) is 4.90 Å². The van der Waals surface area contributed by atoms with Crippen molar-refractivity contribution in [2.45, 2.75) is 12.7 Å². The zero-order valence-corrected chi connectivity index (χ0v) is 14.0. The van der Waals surface area contributed by atoms with E-state index < -0.39 is 43.1 Å². The van der Waals surface area contributed by atoms with Crippen LogP contribution in [-0.4, -0.2) is 57.4 Å². The normalized spacial score (nSPS) is 20.2. The Morgan fingerprint density at radius 2 is 1.96 bits per heavy atom. The summed E-state index contributed by atoms with van der Waals surface area (Å²) in [7, 11) is 0. The number of aliphatic carboxylic acids is 1. The average Bonchev–Trinajstić information content (AvgIpc) is 3.17. The van der Waals surface area contributed by atoms with Crippen molar-refractivity contribution in [3.8, 4) is 0 Å². The zero-order chi connectivity index (χ0) is 19.8. The van der Waals surface area contributed by atoms with E-state index in [4.69, 9.17) is 5.11 Å². The Morgan fingerprint density at radius 1 is 1.26 bits per heavy atom. The first-order chi connectivity index (χ1) is 12.7. The molecule has 1 aromatic heterocycles. The van der Waals surface area contributed by atoms with Crippen LogP contribution >= 0.6 is 0 Å². The van der Waals surface area contributed by atoms with Crippen molar-refractivity contribution in [2.75, 3.05) is 19.6 Å². The fourth-order valence-electron chi connectivity index (χ4n) is 3.27. The summed E-state index contributed by atoms with van der Waals surface area (Å²) in [4.78, 5) is 38.6. The molecule has 1 fully saturated rings. The highest BCUT2D eigenvalue weighted by molar-refractivity contribution is 5.78. The maximum atomic E-state index is 13.0. The molecule has 8 nitrogen and oxygen atoms in total. The lowest BCUT2D eigenvalue weighted by Gasteiger charge is -2.18. The molecule has 3 N–H and O–H groups in total. The highest BCUT2D eigenvalue weighted by Crippen LogP contribution is 2.37. The molecule has 1 aromatic carbocycles. The van der Waals surface area contributed by atoms with E-state index in [9.17, 15) is 27.6 Å². The lowest BCUT2D eigenvalue weighted by Crippen LogP contribution is -2.41. The summed E-state index contributed by atoms with van der Waals surface area (Å²) in [6.45, 7) is -1.10. The van der Waals surface area contributed by atoms with Gasteiger partial charge in [-0.3, -0.25) is 9.36 Å². The molecule has 0 saturated carbocycles. The number of carbonyl (C=O) groups excluding carboxylic acids is 1. The molecule has 2 amide bonds. The molecule has 2 heterocycles. The first-order valence-electron chi connectivity index (χ1n) is 8.18. The first-order valence-corrected chi connectivity index (χ1v) is 8.18. The predicted molar refractivity (Wildman–Crippen MR) is 88.2 cm³/mol. The Balaban J connectivity index is 1.62. The summed E-state index contributed by atoms with van der Waals surface area (Å²) in [5, 5.41) is 11.4. The largest absolute Gasteiger partial charge is 0.481 e. The van der Waals surface area contributed by atoms with E-state index in [1.54, 1.807) is 24.3 Å². The van der Waals surface area contributed by atoms with Crippen molar-refractivity contribution in [3.63, 3.8) is 0 Å². The molecule has 11 heteroatoms. The number of rotatable bonds is 4. The Morgan fingerprint density at radius 3 is 2.59 bits per heavy atom. The van der Waals surface area contributed by atoms with Crippen LogP contribution in [0.1, 0.15) is 0 Å². The molecule has 1 aliphatic heterocycles. The molecule has 3 rings (SSSR count). The Labute approximate surface area is 150 Å². The summed E-state index contributed by atoms with van der Waals surface area (Å²) in [6.07, 6.45) is -4.70. The van der Waals surface area contributed by atoms with Crippen LogP contribution in [0.5, 0.6) is 0 Å². The lowest BCUT2D eigenvalue weighted by molar-refractivity contribution is -0.187. The van der Waals surface area contributed by atoms with Crippen molar-refractivity contribution in [3.05, 3.63) is 34.7 Å². The number of imidazole rings is 1. The third kappa shape index (κ3) is 3.76. The molecular weight excluding hydrogens is 369 g/mol. The van der Waals surface area contributed by atoms with Crippen molar-refractivity contribution in [1.82, 2.24) is 19.8 Å². The molecule has 1 saturated heterocycles. The van der Waals surface area contributed by atoms with E-state index in [1.165, 1.54) is 4.57 Å². The number of H-pyrrole nitrogens is 1. The topological polar surface area (TPSA) is 107 Å². The van der Waals surface area contributed by atoms with Crippen molar-refractivity contribution >= 4 is 23.0 Å². The van der Waals surface area contributed by atoms with Crippen LogP contribution in [-0.2, 0) is 11.3 Å². The number of amides is 2. The van der Waals surface area contributed by atoms with Crippen LogP contribution in [0.4, 0.5) is 18.0 Å². The van der Waals surface area contributed by atoms with Gasteiger partial charge in [0, 0.05) is 26.2 Å². The summed E-state index contributed by atoms with van der Waals surface area (Å²) >= 11 is 0.